The lowest BCUT2D eigenvalue weighted by Crippen LogP contribution is -2.40. The Hall–Kier alpha value is -2.70. The molecular formula is C25H31N5O2. The van der Waals surface area contributed by atoms with Crippen LogP contribution in [0.2, 0.25) is 0 Å². The highest BCUT2D eigenvalue weighted by molar-refractivity contribution is 6.09. The summed E-state index contributed by atoms with van der Waals surface area (Å²) in [5.41, 5.74) is 4.58. The summed E-state index contributed by atoms with van der Waals surface area (Å²) >= 11 is 0. The minimum Gasteiger partial charge on any atom is -0.349 e. The largest absolute Gasteiger partial charge is 0.349 e. The molecule has 1 N–H and O–H groups in total. The summed E-state index contributed by atoms with van der Waals surface area (Å²) in [6, 6.07) is 2.14. The number of pyridine rings is 1. The van der Waals surface area contributed by atoms with Gasteiger partial charge in [-0.3, -0.25) is 9.48 Å². The van der Waals surface area contributed by atoms with Gasteiger partial charge in [-0.2, -0.15) is 5.10 Å². The van der Waals surface area contributed by atoms with E-state index in [0.29, 0.717) is 34.2 Å². The third-order valence-corrected chi connectivity index (χ3v) is 8.16. The number of carbonyl (C=O) groups excluding carboxylic acids is 1. The Labute approximate surface area is 187 Å². The van der Waals surface area contributed by atoms with Gasteiger partial charge in [0.25, 0.3) is 11.6 Å². The molecule has 0 aliphatic heterocycles. The van der Waals surface area contributed by atoms with Crippen LogP contribution in [0.5, 0.6) is 0 Å². The Balaban J connectivity index is 1.39. The molecule has 3 aliphatic carbocycles. The van der Waals surface area contributed by atoms with Gasteiger partial charge in [-0.1, -0.05) is 11.6 Å². The number of amides is 1. The molecule has 4 atom stereocenters. The third-order valence-electron chi connectivity index (χ3n) is 8.16. The molecule has 3 aromatic rings. The lowest BCUT2D eigenvalue weighted by molar-refractivity contribution is 0.0916. The van der Waals surface area contributed by atoms with E-state index in [0.717, 1.165) is 48.2 Å². The van der Waals surface area contributed by atoms with Crippen molar-refractivity contribution in [2.75, 3.05) is 0 Å². The molecule has 0 spiro atoms. The van der Waals surface area contributed by atoms with Gasteiger partial charge < -0.3 is 9.84 Å². The molecule has 6 rings (SSSR count). The Kier molecular flexibility index (Phi) is 4.63. The summed E-state index contributed by atoms with van der Waals surface area (Å²) in [4.78, 5) is 18.4. The standard InChI is InChI=1S/C25H31N5O2/c1-4-30-14(3)20(12-26-30)23-22-19(11-21(16-7-8-16)28-25(22)32-29-23)24(31)27-13(2)18-10-15-5-6-17(18)9-15/h11-13,15-18H,4-10H2,1-3H3,(H,27,31)/t13-,15+,17+,18+/m1/s1. The van der Waals surface area contributed by atoms with Crippen molar-refractivity contribution >= 4 is 17.0 Å². The first-order chi connectivity index (χ1) is 15.5. The molecule has 7 heteroatoms. The second kappa shape index (κ2) is 7.42. The first-order valence-corrected chi connectivity index (χ1v) is 12.2. The van der Waals surface area contributed by atoms with Crippen LogP contribution in [0.3, 0.4) is 0 Å². The molecule has 3 aliphatic rings. The number of rotatable bonds is 6. The number of hydrogen-bond donors (Lipinski definition) is 1. The molecule has 168 valence electrons. The predicted molar refractivity (Wildman–Crippen MR) is 121 cm³/mol. The van der Waals surface area contributed by atoms with Crippen LogP contribution in [0.4, 0.5) is 0 Å². The molecule has 0 radical (unpaired) electrons. The van der Waals surface area contributed by atoms with E-state index in [-0.39, 0.29) is 11.9 Å². The number of nitrogens with zero attached hydrogens (tertiary/aromatic N) is 4. The third kappa shape index (κ3) is 3.16. The van der Waals surface area contributed by atoms with Gasteiger partial charge in [-0.25, -0.2) is 4.98 Å². The van der Waals surface area contributed by atoms with E-state index in [2.05, 4.69) is 29.4 Å². The summed E-state index contributed by atoms with van der Waals surface area (Å²) in [7, 11) is 0. The van der Waals surface area contributed by atoms with Crippen molar-refractivity contribution in [3.8, 4) is 11.3 Å². The first-order valence-electron chi connectivity index (χ1n) is 12.2. The van der Waals surface area contributed by atoms with Gasteiger partial charge in [0.05, 0.1) is 17.1 Å². The van der Waals surface area contributed by atoms with Crippen LogP contribution in [0.25, 0.3) is 22.4 Å². The van der Waals surface area contributed by atoms with Gasteiger partial charge in [0.1, 0.15) is 5.69 Å². The second-order valence-corrected chi connectivity index (χ2v) is 10.1. The van der Waals surface area contributed by atoms with Crippen molar-refractivity contribution in [2.24, 2.45) is 17.8 Å². The molecular weight excluding hydrogens is 402 g/mol. The molecule has 0 saturated heterocycles. The van der Waals surface area contributed by atoms with Gasteiger partial charge in [0, 0.05) is 35.5 Å². The molecule has 7 nitrogen and oxygen atoms in total. The van der Waals surface area contributed by atoms with E-state index in [1.807, 2.05) is 23.9 Å². The highest BCUT2D eigenvalue weighted by Gasteiger charge is 2.42. The highest BCUT2D eigenvalue weighted by Crippen LogP contribution is 2.49. The summed E-state index contributed by atoms with van der Waals surface area (Å²) in [5.74, 6) is 2.60. The smallest absolute Gasteiger partial charge is 0.259 e. The number of aromatic nitrogens is 4. The minimum atomic E-state index is -0.0421. The van der Waals surface area contributed by atoms with Crippen molar-refractivity contribution in [3.05, 3.63) is 29.2 Å². The fraction of sp³-hybridized carbons (Fsp3) is 0.600. The molecule has 3 heterocycles. The number of aryl methyl sites for hydroxylation is 1. The molecule has 32 heavy (non-hydrogen) atoms. The minimum absolute atomic E-state index is 0.0421. The molecule has 3 fully saturated rings. The number of nitrogens with one attached hydrogen (secondary N) is 1. The van der Waals surface area contributed by atoms with E-state index in [1.165, 1.54) is 25.7 Å². The van der Waals surface area contributed by atoms with E-state index in [1.54, 1.807) is 0 Å². The maximum absolute atomic E-state index is 13.6. The maximum Gasteiger partial charge on any atom is 0.259 e. The molecule has 0 unspecified atom stereocenters. The summed E-state index contributed by atoms with van der Waals surface area (Å²) in [5, 5.41) is 12.9. The van der Waals surface area contributed by atoms with Crippen LogP contribution in [-0.2, 0) is 6.54 Å². The van der Waals surface area contributed by atoms with Crippen molar-refractivity contribution in [1.82, 2.24) is 25.2 Å². The summed E-state index contributed by atoms with van der Waals surface area (Å²) < 4.78 is 7.61. The van der Waals surface area contributed by atoms with Gasteiger partial charge in [-0.15, -0.1) is 0 Å². The van der Waals surface area contributed by atoms with Crippen LogP contribution in [-0.4, -0.2) is 31.9 Å². The zero-order valence-corrected chi connectivity index (χ0v) is 19.1. The van der Waals surface area contributed by atoms with E-state index in [4.69, 9.17) is 9.51 Å². The van der Waals surface area contributed by atoms with Crippen LogP contribution in [0.1, 0.15) is 80.0 Å². The normalized spacial score (nSPS) is 25.5. The van der Waals surface area contributed by atoms with Crippen LogP contribution < -0.4 is 5.32 Å². The molecule has 3 aromatic heterocycles. The average Bonchev–Trinajstić information content (AvgIpc) is 3.12. The van der Waals surface area contributed by atoms with Gasteiger partial charge in [-0.05, 0) is 76.7 Å². The fourth-order valence-corrected chi connectivity index (χ4v) is 6.22. The first kappa shape index (κ1) is 19.9. The Bertz CT molecular complexity index is 1190. The van der Waals surface area contributed by atoms with Crippen molar-refractivity contribution in [2.45, 2.75) is 77.8 Å². The van der Waals surface area contributed by atoms with Crippen molar-refractivity contribution in [3.63, 3.8) is 0 Å². The highest BCUT2D eigenvalue weighted by atomic mass is 16.5. The Morgan fingerprint density at radius 2 is 2.12 bits per heavy atom. The summed E-state index contributed by atoms with van der Waals surface area (Å²) in [6.45, 7) is 7.03. The van der Waals surface area contributed by atoms with E-state index >= 15 is 0 Å². The lowest BCUT2D eigenvalue weighted by atomic mass is 9.84. The number of fused-ring (bicyclic) bond motifs is 3. The van der Waals surface area contributed by atoms with Gasteiger partial charge in [0.2, 0.25) is 0 Å². The quantitative estimate of drug-likeness (QED) is 0.601. The SMILES string of the molecule is CCn1ncc(-c2noc3nc(C4CC4)cc(C(=O)N[C@H](C)[C@@H]4C[C@H]5CC[C@H]4C5)c23)c1C. The maximum atomic E-state index is 13.6. The molecule has 3 saturated carbocycles. The fourth-order valence-electron chi connectivity index (χ4n) is 6.22. The molecule has 0 aromatic carbocycles. The Morgan fingerprint density at radius 1 is 1.28 bits per heavy atom. The molecule has 1 amide bonds. The molecule has 2 bridgehead atoms. The van der Waals surface area contributed by atoms with E-state index < -0.39 is 0 Å². The predicted octanol–water partition coefficient (Wildman–Crippen LogP) is 4.85. The number of hydrogen-bond acceptors (Lipinski definition) is 5. The Morgan fingerprint density at radius 3 is 2.78 bits per heavy atom. The van der Waals surface area contributed by atoms with Crippen molar-refractivity contribution in [1.29, 1.82) is 0 Å². The lowest BCUT2D eigenvalue weighted by Gasteiger charge is -2.28. The zero-order valence-electron chi connectivity index (χ0n) is 19.1. The monoisotopic (exact) mass is 433 g/mol. The zero-order chi connectivity index (χ0) is 22.0. The summed E-state index contributed by atoms with van der Waals surface area (Å²) in [6.07, 6.45) is 9.31. The van der Waals surface area contributed by atoms with Crippen LogP contribution >= 0.6 is 0 Å². The van der Waals surface area contributed by atoms with Gasteiger partial charge >= 0.3 is 0 Å². The topological polar surface area (TPSA) is 85.8 Å². The number of carbonyl (C=O) groups is 1. The van der Waals surface area contributed by atoms with E-state index in [9.17, 15) is 4.79 Å². The van der Waals surface area contributed by atoms with Gasteiger partial charge in [0.15, 0.2) is 0 Å². The van der Waals surface area contributed by atoms with Crippen molar-refractivity contribution < 1.29 is 9.32 Å². The van der Waals surface area contributed by atoms with Crippen LogP contribution in [0.15, 0.2) is 16.8 Å². The van der Waals surface area contributed by atoms with Crippen LogP contribution in [0, 0.1) is 24.7 Å². The average molecular weight is 434 g/mol. The second-order valence-electron chi connectivity index (χ2n) is 10.1.